The maximum absolute atomic E-state index is 6.17. The first-order chi connectivity index (χ1) is 7.70. The van der Waals surface area contributed by atoms with Gasteiger partial charge in [0.15, 0.2) is 0 Å². The van der Waals surface area contributed by atoms with E-state index in [0.29, 0.717) is 0 Å². The molecule has 16 heavy (non-hydrogen) atoms. The van der Waals surface area contributed by atoms with Gasteiger partial charge in [-0.2, -0.15) is 0 Å². The van der Waals surface area contributed by atoms with E-state index in [-0.39, 0.29) is 6.04 Å². The van der Waals surface area contributed by atoms with Crippen LogP contribution in [0.25, 0.3) is 0 Å². The van der Waals surface area contributed by atoms with Gasteiger partial charge in [0.05, 0.1) is 2.88 Å². The molecule has 0 spiro atoms. The minimum absolute atomic E-state index is 0.0486. The van der Waals surface area contributed by atoms with Gasteiger partial charge >= 0.3 is 0 Å². The van der Waals surface area contributed by atoms with Gasteiger partial charge in [-0.15, -0.1) is 11.3 Å². The number of rotatable bonds is 4. The summed E-state index contributed by atoms with van der Waals surface area (Å²) in [5.74, 6) is 1.07. The zero-order chi connectivity index (χ0) is 11.5. The number of hydrogen-bond acceptors (Lipinski definition) is 3. The zero-order valence-electron chi connectivity index (χ0n) is 9.06. The summed E-state index contributed by atoms with van der Waals surface area (Å²) in [5, 5.41) is 2.13. The molecular formula is C11H14IN3S. The quantitative estimate of drug-likeness (QED) is 0.865. The summed E-state index contributed by atoms with van der Waals surface area (Å²) in [6, 6.07) is 2.20. The molecule has 0 radical (unpaired) electrons. The molecule has 2 N–H and O–H groups in total. The molecule has 86 valence electrons. The lowest BCUT2D eigenvalue weighted by Gasteiger charge is -2.10. The van der Waals surface area contributed by atoms with E-state index in [1.54, 1.807) is 11.3 Å². The highest BCUT2D eigenvalue weighted by atomic mass is 127. The van der Waals surface area contributed by atoms with E-state index < -0.39 is 0 Å². The number of nitrogens with zero attached hydrogens (tertiary/aromatic N) is 2. The highest BCUT2D eigenvalue weighted by molar-refractivity contribution is 14.1. The maximum atomic E-state index is 6.17. The lowest BCUT2D eigenvalue weighted by molar-refractivity contribution is 0.629. The van der Waals surface area contributed by atoms with Gasteiger partial charge in [-0.3, -0.25) is 0 Å². The van der Waals surface area contributed by atoms with Gasteiger partial charge in [0.2, 0.25) is 0 Å². The summed E-state index contributed by atoms with van der Waals surface area (Å²) in [5.41, 5.74) is 7.38. The van der Waals surface area contributed by atoms with Gasteiger partial charge in [0, 0.05) is 31.4 Å². The molecule has 2 aromatic heterocycles. The second-order valence-electron chi connectivity index (χ2n) is 3.62. The van der Waals surface area contributed by atoms with Crippen molar-refractivity contribution in [3.8, 4) is 0 Å². The number of nitrogens with two attached hydrogens (primary N) is 1. The number of aromatic nitrogens is 2. The van der Waals surface area contributed by atoms with E-state index in [9.17, 15) is 0 Å². The van der Waals surface area contributed by atoms with Crippen molar-refractivity contribution in [2.75, 3.05) is 0 Å². The molecule has 0 saturated carbocycles. The average Bonchev–Trinajstić information content (AvgIpc) is 2.86. The highest BCUT2D eigenvalue weighted by Crippen LogP contribution is 2.23. The molecule has 0 amide bonds. The van der Waals surface area contributed by atoms with E-state index >= 15 is 0 Å². The Morgan fingerprint density at radius 3 is 3.06 bits per heavy atom. The van der Waals surface area contributed by atoms with E-state index in [2.05, 4.69) is 50.5 Å². The van der Waals surface area contributed by atoms with Crippen LogP contribution in [-0.4, -0.2) is 9.55 Å². The van der Waals surface area contributed by atoms with Crippen LogP contribution in [-0.2, 0) is 13.0 Å². The topological polar surface area (TPSA) is 43.8 Å². The first kappa shape index (κ1) is 12.1. The summed E-state index contributed by atoms with van der Waals surface area (Å²) in [4.78, 5) is 4.34. The predicted molar refractivity (Wildman–Crippen MR) is 75.6 cm³/mol. The summed E-state index contributed by atoms with van der Waals surface area (Å²) < 4.78 is 3.42. The first-order valence-corrected chi connectivity index (χ1v) is 7.16. The largest absolute Gasteiger partial charge is 0.335 e. The van der Waals surface area contributed by atoms with Crippen LogP contribution in [0.5, 0.6) is 0 Å². The lowest BCUT2D eigenvalue weighted by Crippen LogP contribution is -2.15. The molecular weight excluding hydrogens is 333 g/mol. The van der Waals surface area contributed by atoms with E-state index in [1.165, 1.54) is 8.45 Å². The Bertz CT molecular complexity index is 463. The number of aryl methyl sites for hydroxylation is 1. The van der Waals surface area contributed by atoms with Crippen LogP contribution < -0.4 is 5.73 Å². The minimum Gasteiger partial charge on any atom is -0.335 e. The van der Waals surface area contributed by atoms with Gasteiger partial charge in [0.25, 0.3) is 0 Å². The van der Waals surface area contributed by atoms with E-state index in [0.717, 1.165) is 18.8 Å². The molecule has 0 aliphatic carbocycles. The van der Waals surface area contributed by atoms with Crippen LogP contribution in [0.4, 0.5) is 0 Å². The summed E-state index contributed by atoms with van der Waals surface area (Å²) in [7, 11) is 0. The summed E-state index contributed by atoms with van der Waals surface area (Å²) in [6.07, 6.45) is 4.63. The predicted octanol–water partition coefficient (Wildman–Crippen LogP) is 2.81. The van der Waals surface area contributed by atoms with Gasteiger partial charge < -0.3 is 10.3 Å². The van der Waals surface area contributed by atoms with Crippen molar-refractivity contribution >= 4 is 33.9 Å². The van der Waals surface area contributed by atoms with Crippen LogP contribution in [0.3, 0.4) is 0 Å². The van der Waals surface area contributed by atoms with Crippen molar-refractivity contribution in [1.29, 1.82) is 0 Å². The fraction of sp³-hybridized carbons (Fsp3) is 0.364. The molecule has 0 aromatic carbocycles. The van der Waals surface area contributed by atoms with Gasteiger partial charge in [-0.1, -0.05) is 0 Å². The Kier molecular flexibility index (Phi) is 3.99. The van der Waals surface area contributed by atoms with Gasteiger partial charge in [-0.05, 0) is 46.5 Å². The maximum Gasteiger partial charge on any atom is 0.110 e. The Hall–Kier alpha value is -0.400. The number of halogens is 1. The Labute approximate surface area is 113 Å². The molecule has 5 heteroatoms. The highest BCUT2D eigenvalue weighted by Gasteiger charge is 2.12. The van der Waals surface area contributed by atoms with Crippen molar-refractivity contribution in [2.24, 2.45) is 5.73 Å². The fourth-order valence-corrected chi connectivity index (χ4v) is 3.09. The molecule has 2 heterocycles. The SMILES string of the molecule is CCn1ccnc1CC(N)c1csc(I)c1. The smallest absolute Gasteiger partial charge is 0.110 e. The third-order valence-corrected chi connectivity index (χ3v) is 4.37. The number of thiophene rings is 1. The molecule has 0 aliphatic heterocycles. The molecule has 0 fully saturated rings. The van der Waals surface area contributed by atoms with Gasteiger partial charge in [-0.25, -0.2) is 4.98 Å². The summed E-state index contributed by atoms with van der Waals surface area (Å²) in [6.45, 7) is 3.06. The summed E-state index contributed by atoms with van der Waals surface area (Å²) >= 11 is 4.05. The van der Waals surface area contributed by atoms with Crippen molar-refractivity contribution in [1.82, 2.24) is 9.55 Å². The molecule has 2 rings (SSSR count). The third kappa shape index (κ3) is 2.64. The van der Waals surface area contributed by atoms with Crippen molar-refractivity contribution in [2.45, 2.75) is 25.9 Å². The minimum atomic E-state index is 0.0486. The molecule has 1 unspecified atom stereocenters. The Morgan fingerprint density at radius 1 is 1.62 bits per heavy atom. The molecule has 0 bridgehead atoms. The van der Waals surface area contributed by atoms with Crippen molar-refractivity contribution in [3.05, 3.63) is 38.1 Å². The standard InChI is InChI=1S/C11H14IN3S/c1-2-15-4-3-14-11(15)6-9(13)8-5-10(12)16-7-8/h3-5,7,9H,2,6,13H2,1H3. The zero-order valence-corrected chi connectivity index (χ0v) is 12.0. The number of hydrogen-bond donors (Lipinski definition) is 1. The van der Waals surface area contributed by atoms with E-state index in [4.69, 9.17) is 5.73 Å². The molecule has 0 aliphatic rings. The number of imidazole rings is 1. The normalized spacial score (nSPS) is 12.9. The third-order valence-electron chi connectivity index (χ3n) is 2.56. The molecule has 0 saturated heterocycles. The second-order valence-corrected chi connectivity index (χ2v) is 6.43. The van der Waals surface area contributed by atoms with Crippen LogP contribution >= 0.6 is 33.9 Å². The molecule has 1 atom stereocenters. The Balaban J connectivity index is 2.10. The van der Waals surface area contributed by atoms with Gasteiger partial charge in [0.1, 0.15) is 5.82 Å². The van der Waals surface area contributed by atoms with Crippen molar-refractivity contribution < 1.29 is 0 Å². The van der Waals surface area contributed by atoms with Crippen LogP contribution in [0.1, 0.15) is 24.4 Å². The lowest BCUT2D eigenvalue weighted by atomic mass is 10.1. The first-order valence-electron chi connectivity index (χ1n) is 5.20. The molecule has 2 aromatic rings. The average molecular weight is 347 g/mol. The van der Waals surface area contributed by atoms with E-state index in [1.807, 2.05) is 12.4 Å². The van der Waals surface area contributed by atoms with Crippen molar-refractivity contribution in [3.63, 3.8) is 0 Å². The van der Waals surface area contributed by atoms with Crippen LogP contribution in [0, 0.1) is 2.88 Å². The van der Waals surface area contributed by atoms with Crippen LogP contribution in [0.2, 0.25) is 0 Å². The fourth-order valence-electron chi connectivity index (χ4n) is 1.65. The monoisotopic (exact) mass is 347 g/mol. The van der Waals surface area contributed by atoms with Crippen LogP contribution in [0.15, 0.2) is 23.8 Å². The second kappa shape index (κ2) is 5.29. The molecule has 3 nitrogen and oxygen atoms in total. The Morgan fingerprint density at radius 2 is 2.44 bits per heavy atom.